The molecule has 1 rings (SSSR count). The standard InChI is InChI=1S/C6H12O7S2/c1-14(7,8)11-4-3-5-6(12-5)13-15(2,9)10/h5-6H,3-4H2,1-2H3. The van der Waals surface area contributed by atoms with Crippen molar-refractivity contribution in [3.05, 3.63) is 0 Å². The monoisotopic (exact) mass is 260 g/mol. The molecule has 0 aromatic heterocycles. The molecule has 7 nitrogen and oxygen atoms in total. The second kappa shape index (κ2) is 4.34. The van der Waals surface area contributed by atoms with Gasteiger partial charge in [-0.3, -0.25) is 4.18 Å². The van der Waals surface area contributed by atoms with E-state index in [4.69, 9.17) is 4.74 Å². The van der Waals surface area contributed by atoms with Gasteiger partial charge in [-0.1, -0.05) is 0 Å². The highest BCUT2D eigenvalue weighted by molar-refractivity contribution is 7.86. The second-order valence-corrected chi connectivity index (χ2v) is 6.40. The molecule has 0 N–H and O–H groups in total. The summed E-state index contributed by atoms with van der Waals surface area (Å²) < 4.78 is 56.1. The molecule has 0 aliphatic carbocycles. The maximum absolute atomic E-state index is 10.6. The summed E-state index contributed by atoms with van der Waals surface area (Å²) in [5.74, 6) is 0. The second-order valence-electron chi connectivity index (χ2n) is 3.16. The van der Waals surface area contributed by atoms with Crippen LogP contribution in [-0.4, -0.2) is 48.3 Å². The lowest BCUT2D eigenvalue weighted by atomic mass is 10.3. The van der Waals surface area contributed by atoms with E-state index in [1.54, 1.807) is 0 Å². The molecule has 0 aromatic rings. The molecule has 1 aliphatic heterocycles. The SMILES string of the molecule is CS(=O)(=O)OCCC1OC1OS(C)(=O)=O. The van der Waals surface area contributed by atoms with Crippen LogP contribution in [0.3, 0.4) is 0 Å². The van der Waals surface area contributed by atoms with Crippen molar-refractivity contribution in [1.29, 1.82) is 0 Å². The molecule has 9 heteroatoms. The van der Waals surface area contributed by atoms with Crippen LogP contribution in [-0.2, 0) is 33.3 Å². The maximum atomic E-state index is 10.6. The van der Waals surface area contributed by atoms with Crippen molar-refractivity contribution in [3.63, 3.8) is 0 Å². The highest BCUT2D eigenvalue weighted by atomic mass is 32.2. The Morgan fingerprint density at radius 3 is 2.20 bits per heavy atom. The van der Waals surface area contributed by atoms with Crippen LogP contribution < -0.4 is 0 Å². The zero-order valence-electron chi connectivity index (χ0n) is 8.24. The zero-order chi connectivity index (χ0) is 11.7. The van der Waals surface area contributed by atoms with E-state index in [2.05, 4.69) is 8.37 Å². The van der Waals surface area contributed by atoms with Gasteiger partial charge in [-0.05, 0) is 0 Å². The Bertz CT molecular complexity index is 409. The highest BCUT2D eigenvalue weighted by Crippen LogP contribution is 2.27. The van der Waals surface area contributed by atoms with Gasteiger partial charge in [0.2, 0.25) is 6.29 Å². The lowest BCUT2D eigenvalue weighted by molar-refractivity contribution is 0.186. The summed E-state index contributed by atoms with van der Waals surface area (Å²) in [5.41, 5.74) is 0. The largest absolute Gasteiger partial charge is 0.340 e. The van der Waals surface area contributed by atoms with Crippen molar-refractivity contribution in [2.45, 2.75) is 18.8 Å². The van der Waals surface area contributed by atoms with Gasteiger partial charge >= 0.3 is 0 Å². The van der Waals surface area contributed by atoms with E-state index in [1.807, 2.05) is 0 Å². The molecular weight excluding hydrogens is 248 g/mol. The van der Waals surface area contributed by atoms with E-state index in [9.17, 15) is 16.8 Å². The first-order chi connectivity index (χ1) is 6.67. The summed E-state index contributed by atoms with van der Waals surface area (Å²) >= 11 is 0. The average Bonchev–Trinajstić information content (AvgIpc) is 2.60. The summed E-state index contributed by atoms with van der Waals surface area (Å²) in [5, 5.41) is 0. The summed E-state index contributed by atoms with van der Waals surface area (Å²) in [6.45, 7) is -0.0485. The van der Waals surface area contributed by atoms with Gasteiger partial charge in [0.1, 0.15) is 6.10 Å². The van der Waals surface area contributed by atoms with Gasteiger partial charge < -0.3 is 4.74 Å². The molecule has 0 spiro atoms. The minimum atomic E-state index is -3.53. The molecule has 90 valence electrons. The van der Waals surface area contributed by atoms with Gasteiger partial charge in [0, 0.05) is 6.42 Å². The quantitative estimate of drug-likeness (QED) is 0.448. The van der Waals surface area contributed by atoms with Crippen LogP contribution in [0.2, 0.25) is 0 Å². The molecule has 0 aromatic carbocycles. The first-order valence-electron chi connectivity index (χ1n) is 4.05. The number of rotatable bonds is 6. The van der Waals surface area contributed by atoms with Crippen LogP contribution in [0.5, 0.6) is 0 Å². The molecule has 1 saturated heterocycles. The van der Waals surface area contributed by atoms with Gasteiger partial charge in [-0.25, -0.2) is 4.18 Å². The van der Waals surface area contributed by atoms with Crippen LogP contribution in [0.25, 0.3) is 0 Å². The minimum absolute atomic E-state index is 0.0485. The van der Waals surface area contributed by atoms with E-state index in [0.29, 0.717) is 0 Å². The van der Waals surface area contributed by atoms with Crippen LogP contribution >= 0.6 is 0 Å². The summed E-state index contributed by atoms with van der Waals surface area (Å²) in [6, 6.07) is 0. The Balaban J connectivity index is 2.18. The summed E-state index contributed by atoms with van der Waals surface area (Å²) in [7, 11) is -6.99. The predicted octanol–water partition coefficient (Wildman–Crippen LogP) is -0.946. The first kappa shape index (κ1) is 12.8. The Morgan fingerprint density at radius 1 is 1.13 bits per heavy atom. The van der Waals surface area contributed by atoms with E-state index in [1.165, 1.54) is 0 Å². The molecular formula is C6H12O7S2. The van der Waals surface area contributed by atoms with E-state index in [0.717, 1.165) is 12.5 Å². The van der Waals surface area contributed by atoms with Crippen molar-refractivity contribution in [3.8, 4) is 0 Å². The normalized spacial score (nSPS) is 26.5. The molecule has 0 radical (unpaired) electrons. The topological polar surface area (TPSA) is 99.3 Å². The van der Waals surface area contributed by atoms with Crippen molar-refractivity contribution in [1.82, 2.24) is 0 Å². The Morgan fingerprint density at radius 2 is 1.73 bits per heavy atom. The third kappa shape index (κ3) is 6.05. The van der Waals surface area contributed by atoms with Crippen molar-refractivity contribution in [2.24, 2.45) is 0 Å². The van der Waals surface area contributed by atoms with Crippen LogP contribution in [0.1, 0.15) is 6.42 Å². The van der Waals surface area contributed by atoms with Crippen LogP contribution in [0, 0.1) is 0 Å². The number of hydrogen-bond acceptors (Lipinski definition) is 7. The van der Waals surface area contributed by atoms with Crippen molar-refractivity contribution in [2.75, 3.05) is 19.1 Å². The fraction of sp³-hybridized carbons (Fsp3) is 1.00. The van der Waals surface area contributed by atoms with Crippen molar-refractivity contribution >= 4 is 20.2 Å². The Hall–Kier alpha value is -0.220. The van der Waals surface area contributed by atoms with Crippen LogP contribution in [0.15, 0.2) is 0 Å². The third-order valence-corrected chi connectivity index (χ3v) is 2.64. The van der Waals surface area contributed by atoms with Crippen LogP contribution in [0.4, 0.5) is 0 Å². The zero-order valence-corrected chi connectivity index (χ0v) is 9.88. The molecule has 0 amide bonds. The van der Waals surface area contributed by atoms with Gasteiger partial charge in [-0.2, -0.15) is 16.8 Å². The summed E-state index contributed by atoms with van der Waals surface area (Å²) in [4.78, 5) is 0. The number of hydrogen-bond donors (Lipinski definition) is 0. The average molecular weight is 260 g/mol. The maximum Gasteiger partial charge on any atom is 0.266 e. The van der Waals surface area contributed by atoms with Crippen molar-refractivity contribution < 1.29 is 29.9 Å². The molecule has 1 aliphatic rings. The first-order valence-corrected chi connectivity index (χ1v) is 7.69. The Kier molecular flexibility index (Phi) is 3.71. The van der Waals surface area contributed by atoms with E-state index >= 15 is 0 Å². The van der Waals surface area contributed by atoms with E-state index in [-0.39, 0.29) is 13.0 Å². The fourth-order valence-electron chi connectivity index (χ4n) is 0.904. The van der Waals surface area contributed by atoms with Gasteiger partial charge in [0.25, 0.3) is 20.2 Å². The summed E-state index contributed by atoms with van der Waals surface area (Å²) in [6.07, 6.45) is 0.904. The molecule has 2 unspecified atom stereocenters. The molecule has 0 saturated carbocycles. The molecule has 1 heterocycles. The fourth-order valence-corrected chi connectivity index (χ4v) is 1.82. The molecule has 0 bridgehead atoms. The number of ether oxygens (including phenoxy) is 1. The third-order valence-electron chi connectivity index (χ3n) is 1.51. The van der Waals surface area contributed by atoms with Gasteiger partial charge in [0.05, 0.1) is 19.1 Å². The van der Waals surface area contributed by atoms with E-state index < -0.39 is 32.6 Å². The Labute approximate surface area is 88.6 Å². The highest BCUT2D eigenvalue weighted by Gasteiger charge is 2.42. The smallest absolute Gasteiger partial charge is 0.266 e. The minimum Gasteiger partial charge on any atom is -0.340 e. The van der Waals surface area contributed by atoms with Gasteiger partial charge in [0.15, 0.2) is 0 Å². The molecule has 1 fully saturated rings. The van der Waals surface area contributed by atoms with Gasteiger partial charge in [-0.15, -0.1) is 0 Å². The predicted molar refractivity (Wildman–Crippen MR) is 50.0 cm³/mol. The lowest BCUT2D eigenvalue weighted by Crippen LogP contribution is -2.10. The lowest BCUT2D eigenvalue weighted by Gasteiger charge is -1.98. The molecule has 15 heavy (non-hydrogen) atoms. The molecule has 2 atom stereocenters. The number of epoxide rings is 1.